The highest BCUT2D eigenvalue weighted by molar-refractivity contribution is 5.79. The van der Waals surface area contributed by atoms with Crippen LogP contribution in [0.1, 0.15) is 40.2 Å². The maximum absolute atomic E-state index is 12.4. The smallest absolute Gasteiger partial charge is 0.350 e. The molecule has 0 aliphatic heterocycles. The van der Waals surface area contributed by atoms with Gasteiger partial charge in [-0.3, -0.25) is 0 Å². The van der Waals surface area contributed by atoms with Crippen LogP contribution >= 0.6 is 0 Å². The summed E-state index contributed by atoms with van der Waals surface area (Å²) < 4.78 is 16.8. The molecule has 33 heavy (non-hydrogen) atoms. The zero-order valence-corrected chi connectivity index (χ0v) is 20.1. The zero-order valence-electron chi connectivity index (χ0n) is 20.1. The molecule has 0 radical (unpaired) electrons. The van der Waals surface area contributed by atoms with Crippen molar-refractivity contribution >= 4 is 11.7 Å². The Morgan fingerprint density at radius 3 is 2.18 bits per heavy atom. The predicted octanol–water partition coefficient (Wildman–Crippen LogP) is 5.87. The van der Waals surface area contributed by atoms with Gasteiger partial charge in [-0.2, -0.15) is 0 Å². The first-order valence-corrected chi connectivity index (χ1v) is 10.9. The van der Waals surface area contributed by atoms with Crippen LogP contribution in [-0.4, -0.2) is 29.3 Å². The monoisotopic (exact) mass is 448 g/mol. The molecule has 1 heterocycles. The Hall–Kier alpha value is -3.54. The van der Waals surface area contributed by atoms with Crippen LogP contribution in [0.4, 0.5) is 5.69 Å². The summed E-state index contributed by atoms with van der Waals surface area (Å²) in [4.78, 5) is 17.1. The van der Waals surface area contributed by atoms with Gasteiger partial charge in [-0.05, 0) is 71.0 Å². The minimum absolute atomic E-state index is 0.407. The van der Waals surface area contributed by atoms with E-state index in [1.54, 1.807) is 21.0 Å². The van der Waals surface area contributed by atoms with Gasteiger partial charge in [-0.1, -0.05) is 30.3 Å². The van der Waals surface area contributed by atoms with Gasteiger partial charge in [-0.15, -0.1) is 0 Å². The summed E-state index contributed by atoms with van der Waals surface area (Å²) in [7, 11) is 1.62. The molecule has 0 spiro atoms. The maximum Gasteiger partial charge on any atom is 0.350 e. The van der Waals surface area contributed by atoms with E-state index in [1.807, 2.05) is 87.5 Å². The average Bonchev–Trinajstić information content (AvgIpc) is 2.78. The van der Waals surface area contributed by atoms with Gasteiger partial charge < -0.3 is 19.5 Å². The summed E-state index contributed by atoms with van der Waals surface area (Å²) in [6, 6.07) is 21.4. The molecular formula is C27H32N2O4. The second-order valence-electron chi connectivity index (χ2n) is 9.22. The first-order valence-electron chi connectivity index (χ1n) is 10.9. The molecule has 6 heteroatoms. The third-order valence-corrected chi connectivity index (χ3v) is 4.80. The number of pyridine rings is 1. The quantitative estimate of drug-likeness (QED) is 0.435. The van der Waals surface area contributed by atoms with E-state index in [2.05, 4.69) is 10.3 Å². The molecule has 3 rings (SSSR count). The van der Waals surface area contributed by atoms with Crippen molar-refractivity contribution in [2.75, 3.05) is 12.4 Å². The van der Waals surface area contributed by atoms with Crippen LogP contribution in [0.15, 0.2) is 66.7 Å². The highest BCUT2D eigenvalue weighted by Crippen LogP contribution is 2.26. The molecule has 0 saturated heterocycles. The van der Waals surface area contributed by atoms with Gasteiger partial charge in [0.05, 0.1) is 12.8 Å². The number of anilines is 1. The fourth-order valence-corrected chi connectivity index (χ4v) is 3.13. The van der Waals surface area contributed by atoms with Crippen LogP contribution in [-0.2, 0) is 16.1 Å². The lowest BCUT2D eigenvalue weighted by atomic mass is 10.1. The van der Waals surface area contributed by atoms with Crippen LogP contribution < -0.4 is 14.8 Å². The summed E-state index contributed by atoms with van der Waals surface area (Å²) in [6.45, 7) is 9.45. The number of benzene rings is 2. The van der Waals surface area contributed by atoms with Crippen molar-refractivity contribution in [2.45, 2.75) is 52.4 Å². The first-order chi connectivity index (χ1) is 15.6. The molecule has 2 aromatic carbocycles. The van der Waals surface area contributed by atoms with Crippen LogP contribution in [0.3, 0.4) is 0 Å². The number of carbonyl (C=O) groups excluding carboxylic acids is 1. The summed E-state index contributed by atoms with van der Waals surface area (Å²) in [5, 5.41) is 3.37. The van der Waals surface area contributed by atoms with E-state index < -0.39 is 17.2 Å². The minimum Gasteiger partial charge on any atom is -0.481 e. The van der Waals surface area contributed by atoms with Crippen molar-refractivity contribution in [2.24, 2.45) is 0 Å². The molecule has 0 saturated carbocycles. The van der Waals surface area contributed by atoms with E-state index >= 15 is 0 Å². The molecule has 1 N–H and O–H groups in total. The third-order valence-electron chi connectivity index (χ3n) is 4.80. The number of hydrogen-bond acceptors (Lipinski definition) is 6. The number of nitrogens with one attached hydrogen (secondary N) is 1. The Kier molecular flexibility index (Phi) is 7.26. The Morgan fingerprint density at radius 2 is 1.58 bits per heavy atom. The van der Waals surface area contributed by atoms with E-state index in [1.165, 1.54) is 0 Å². The van der Waals surface area contributed by atoms with Gasteiger partial charge in [-0.25, -0.2) is 9.78 Å². The Labute approximate surface area is 195 Å². The molecule has 0 amide bonds. The van der Waals surface area contributed by atoms with Crippen LogP contribution in [0.25, 0.3) is 11.3 Å². The number of methoxy groups -OCH3 is 1. The summed E-state index contributed by atoms with van der Waals surface area (Å²) in [5.74, 6) is 0.765. The summed E-state index contributed by atoms with van der Waals surface area (Å²) in [5.41, 5.74) is 2.10. The zero-order chi connectivity index (χ0) is 24.1. The van der Waals surface area contributed by atoms with Gasteiger partial charge in [0.25, 0.3) is 0 Å². The maximum atomic E-state index is 12.4. The van der Waals surface area contributed by atoms with Crippen molar-refractivity contribution < 1.29 is 19.0 Å². The fraction of sp³-hybridized carbons (Fsp3) is 0.333. The Balaban J connectivity index is 1.63. The highest BCUT2D eigenvalue weighted by atomic mass is 16.6. The molecule has 1 aromatic heterocycles. The van der Waals surface area contributed by atoms with Crippen molar-refractivity contribution in [3.05, 3.63) is 72.3 Å². The van der Waals surface area contributed by atoms with Crippen LogP contribution in [0.5, 0.6) is 11.6 Å². The van der Waals surface area contributed by atoms with Gasteiger partial charge in [0.2, 0.25) is 5.88 Å². The second-order valence-corrected chi connectivity index (χ2v) is 9.22. The van der Waals surface area contributed by atoms with E-state index in [4.69, 9.17) is 14.2 Å². The first kappa shape index (κ1) is 24.1. The van der Waals surface area contributed by atoms with Crippen LogP contribution in [0.2, 0.25) is 0 Å². The SMILES string of the molecule is COc1nc(-c2ccccc2)ccc1CNc1ccc(OC(C)(C)C(=O)OC(C)(C)C)cc1. The molecular weight excluding hydrogens is 416 g/mol. The number of ether oxygens (including phenoxy) is 3. The molecule has 0 fully saturated rings. The molecule has 0 unspecified atom stereocenters. The number of esters is 1. The fourth-order valence-electron chi connectivity index (χ4n) is 3.13. The largest absolute Gasteiger partial charge is 0.481 e. The standard InChI is InChI=1S/C27H32N2O4/c1-26(2,3)33-25(30)27(4,5)32-22-15-13-21(14-16-22)28-18-20-12-17-23(29-24(20)31-6)19-10-8-7-9-11-19/h7-17,28H,18H2,1-6H3. The lowest BCUT2D eigenvalue weighted by Gasteiger charge is -2.29. The highest BCUT2D eigenvalue weighted by Gasteiger charge is 2.34. The van der Waals surface area contributed by atoms with Gasteiger partial charge in [0.1, 0.15) is 11.4 Å². The molecule has 6 nitrogen and oxygen atoms in total. The average molecular weight is 449 g/mol. The Morgan fingerprint density at radius 1 is 0.909 bits per heavy atom. The van der Waals surface area contributed by atoms with Gasteiger partial charge >= 0.3 is 5.97 Å². The minimum atomic E-state index is -1.10. The van der Waals surface area contributed by atoms with Crippen molar-refractivity contribution in [3.8, 4) is 22.9 Å². The number of hydrogen-bond donors (Lipinski definition) is 1. The topological polar surface area (TPSA) is 69.7 Å². The molecule has 3 aromatic rings. The lowest BCUT2D eigenvalue weighted by Crippen LogP contribution is -2.43. The van der Waals surface area contributed by atoms with Crippen LogP contribution in [0, 0.1) is 0 Å². The summed E-state index contributed by atoms with van der Waals surface area (Å²) >= 11 is 0. The molecule has 0 atom stereocenters. The Bertz CT molecular complexity index is 1070. The van der Waals surface area contributed by atoms with Crippen molar-refractivity contribution in [3.63, 3.8) is 0 Å². The molecule has 0 bridgehead atoms. The van der Waals surface area contributed by atoms with Gasteiger partial charge in [0.15, 0.2) is 5.60 Å². The number of carbonyl (C=O) groups is 1. The third kappa shape index (κ3) is 6.72. The second kappa shape index (κ2) is 9.94. The van der Waals surface area contributed by atoms with Gasteiger partial charge in [0, 0.05) is 23.4 Å². The molecule has 0 aliphatic rings. The van der Waals surface area contributed by atoms with Crippen molar-refractivity contribution in [1.29, 1.82) is 0 Å². The van der Waals surface area contributed by atoms with E-state index in [0.717, 1.165) is 22.5 Å². The van der Waals surface area contributed by atoms with Crippen molar-refractivity contribution in [1.82, 2.24) is 4.98 Å². The van der Waals surface area contributed by atoms with E-state index in [9.17, 15) is 4.79 Å². The number of nitrogens with zero attached hydrogens (tertiary/aromatic N) is 1. The normalized spacial score (nSPS) is 11.6. The number of rotatable bonds is 8. The van der Waals surface area contributed by atoms with E-state index in [-0.39, 0.29) is 0 Å². The molecule has 0 aliphatic carbocycles. The lowest BCUT2D eigenvalue weighted by molar-refractivity contribution is -0.170. The summed E-state index contributed by atoms with van der Waals surface area (Å²) in [6.07, 6.45) is 0. The van der Waals surface area contributed by atoms with E-state index in [0.29, 0.717) is 18.2 Å². The predicted molar refractivity (Wildman–Crippen MR) is 131 cm³/mol. The molecule has 174 valence electrons. The number of aromatic nitrogens is 1.